The maximum Gasteiger partial charge on any atom is 0.265 e. The molecule has 1 fully saturated rings. The molecule has 2 aliphatic heterocycles. The quantitative estimate of drug-likeness (QED) is 0.394. The summed E-state index contributed by atoms with van der Waals surface area (Å²) >= 11 is 1.42. The van der Waals surface area contributed by atoms with Gasteiger partial charge in [0.1, 0.15) is 5.82 Å². The molecule has 3 aromatic rings. The standard InChI is InChI=1S/C29H27FN2O2S/c30-24-13-10-22(11-14-24)20-32-25-19-23(28(33)31-16-6-1-2-7-17-31)12-15-26(25)35-27(29(32)34)18-21-8-4-3-5-9-21/h3-5,8-15,18-19H,1-2,6-7,16-17,20H2/b27-18-. The van der Waals surface area contributed by atoms with Crippen molar-refractivity contribution in [2.45, 2.75) is 37.1 Å². The maximum absolute atomic E-state index is 13.7. The normalized spacial score (nSPS) is 17.3. The molecule has 2 amide bonds. The highest BCUT2D eigenvalue weighted by atomic mass is 32.2. The van der Waals surface area contributed by atoms with E-state index in [2.05, 4.69) is 0 Å². The van der Waals surface area contributed by atoms with E-state index < -0.39 is 0 Å². The fraction of sp³-hybridized carbons (Fsp3) is 0.241. The van der Waals surface area contributed by atoms with Crippen LogP contribution in [0.25, 0.3) is 6.08 Å². The minimum Gasteiger partial charge on any atom is -0.339 e. The number of anilines is 1. The molecule has 178 valence electrons. The lowest BCUT2D eigenvalue weighted by Gasteiger charge is -2.31. The van der Waals surface area contributed by atoms with Crippen LogP contribution in [-0.4, -0.2) is 29.8 Å². The summed E-state index contributed by atoms with van der Waals surface area (Å²) in [6.45, 7) is 1.83. The second kappa shape index (κ2) is 10.5. The van der Waals surface area contributed by atoms with Gasteiger partial charge in [0.05, 0.1) is 17.1 Å². The van der Waals surface area contributed by atoms with Gasteiger partial charge in [0, 0.05) is 23.5 Å². The van der Waals surface area contributed by atoms with Crippen LogP contribution in [-0.2, 0) is 11.3 Å². The van der Waals surface area contributed by atoms with Gasteiger partial charge in [0.15, 0.2) is 0 Å². The number of carbonyl (C=O) groups is 2. The number of thioether (sulfide) groups is 1. The van der Waals surface area contributed by atoms with Crippen molar-refractivity contribution in [2.75, 3.05) is 18.0 Å². The van der Waals surface area contributed by atoms with Crippen LogP contribution < -0.4 is 4.90 Å². The minimum atomic E-state index is -0.315. The molecule has 4 nitrogen and oxygen atoms in total. The molecule has 2 aliphatic rings. The van der Waals surface area contributed by atoms with Gasteiger partial charge in [-0.25, -0.2) is 4.39 Å². The second-order valence-corrected chi connectivity index (χ2v) is 10.0. The van der Waals surface area contributed by atoms with Crippen molar-refractivity contribution in [2.24, 2.45) is 0 Å². The van der Waals surface area contributed by atoms with E-state index in [1.54, 1.807) is 17.0 Å². The first kappa shape index (κ1) is 23.4. The number of carbonyl (C=O) groups excluding carboxylic acids is 2. The van der Waals surface area contributed by atoms with E-state index in [0.717, 1.165) is 60.5 Å². The number of hydrogen-bond donors (Lipinski definition) is 0. The number of fused-ring (bicyclic) bond motifs is 1. The van der Waals surface area contributed by atoms with Crippen LogP contribution in [0, 0.1) is 5.82 Å². The molecular formula is C29H27FN2O2S. The summed E-state index contributed by atoms with van der Waals surface area (Å²) in [5.74, 6) is -0.431. The average molecular weight is 487 g/mol. The van der Waals surface area contributed by atoms with E-state index in [1.165, 1.54) is 23.9 Å². The molecule has 0 bridgehead atoms. The number of hydrogen-bond acceptors (Lipinski definition) is 3. The summed E-state index contributed by atoms with van der Waals surface area (Å²) in [5.41, 5.74) is 3.08. The molecule has 0 radical (unpaired) electrons. The summed E-state index contributed by atoms with van der Waals surface area (Å²) in [5, 5.41) is 0. The summed E-state index contributed by atoms with van der Waals surface area (Å²) < 4.78 is 13.5. The number of nitrogens with zero attached hydrogens (tertiary/aromatic N) is 2. The fourth-order valence-corrected chi connectivity index (χ4v) is 5.57. The van der Waals surface area contributed by atoms with Gasteiger partial charge in [0.25, 0.3) is 11.8 Å². The average Bonchev–Trinajstić information content (AvgIpc) is 3.17. The highest BCUT2D eigenvalue weighted by Crippen LogP contribution is 2.43. The molecule has 1 saturated heterocycles. The molecule has 0 spiro atoms. The van der Waals surface area contributed by atoms with Crippen molar-refractivity contribution < 1.29 is 14.0 Å². The highest BCUT2D eigenvalue weighted by Gasteiger charge is 2.31. The first-order chi connectivity index (χ1) is 17.1. The SMILES string of the molecule is O=C(c1ccc2c(c1)N(Cc1ccc(F)cc1)C(=O)/C(=C/c1ccccc1)S2)N1CCCCCC1. The van der Waals surface area contributed by atoms with Gasteiger partial charge in [-0.1, -0.05) is 67.1 Å². The van der Waals surface area contributed by atoms with Crippen molar-refractivity contribution in [3.05, 3.63) is 100 Å². The summed E-state index contributed by atoms with van der Waals surface area (Å²) in [4.78, 5) is 32.1. The van der Waals surface area contributed by atoms with Gasteiger partial charge >= 0.3 is 0 Å². The van der Waals surface area contributed by atoms with Crippen LogP contribution in [0.15, 0.2) is 82.6 Å². The van der Waals surface area contributed by atoms with E-state index in [-0.39, 0.29) is 17.6 Å². The Labute approximate surface area is 209 Å². The first-order valence-corrected chi connectivity index (χ1v) is 12.8. The number of amides is 2. The van der Waals surface area contributed by atoms with E-state index in [9.17, 15) is 14.0 Å². The zero-order valence-electron chi connectivity index (χ0n) is 19.5. The maximum atomic E-state index is 13.7. The third-order valence-corrected chi connectivity index (χ3v) is 7.49. The Morgan fingerprint density at radius 2 is 1.63 bits per heavy atom. The Balaban J connectivity index is 1.51. The predicted octanol–water partition coefficient (Wildman–Crippen LogP) is 6.52. The Morgan fingerprint density at radius 1 is 0.914 bits per heavy atom. The van der Waals surface area contributed by atoms with E-state index in [0.29, 0.717) is 17.0 Å². The summed E-state index contributed by atoms with van der Waals surface area (Å²) in [7, 11) is 0. The van der Waals surface area contributed by atoms with Crippen molar-refractivity contribution in [1.82, 2.24) is 4.90 Å². The van der Waals surface area contributed by atoms with Crippen LogP contribution in [0.4, 0.5) is 10.1 Å². The van der Waals surface area contributed by atoms with Gasteiger partial charge < -0.3 is 9.80 Å². The molecule has 35 heavy (non-hydrogen) atoms. The van der Waals surface area contributed by atoms with Crippen molar-refractivity contribution in [3.8, 4) is 0 Å². The Bertz CT molecular complexity index is 1250. The largest absolute Gasteiger partial charge is 0.339 e. The van der Waals surface area contributed by atoms with Crippen LogP contribution in [0.2, 0.25) is 0 Å². The molecule has 2 heterocycles. The van der Waals surface area contributed by atoms with Gasteiger partial charge in [-0.05, 0) is 60.4 Å². The Hall–Kier alpha value is -3.38. The number of rotatable bonds is 4. The molecule has 6 heteroatoms. The Kier molecular flexibility index (Phi) is 7.00. The topological polar surface area (TPSA) is 40.6 Å². The highest BCUT2D eigenvalue weighted by molar-refractivity contribution is 8.04. The Morgan fingerprint density at radius 3 is 2.34 bits per heavy atom. The van der Waals surface area contributed by atoms with Gasteiger partial charge in [-0.15, -0.1) is 0 Å². The fourth-order valence-electron chi connectivity index (χ4n) is 4.53. The third kappa shape index (κ3) is 5.33. The lowest BCUT2D eigenvalue weighted by Crippen LogP contribution is -2.35. The van der Waals surface area contributed by atoms with Crippen LogP contribution in [0.1, 0.15) is 47.2 Å². The van der Waals surface area contributed by atoms with Gasteiger partial charge in [-0.2, -0.15) is 0 Å². The third-order valence-electron chi connectivity index (χ3n) is 6.42. The molecule has 0 aromatic heterocycles. The molecular weight excluding hydrogens is 459 g/mol. The molecule has 3 aromatic carbocycles. The molecule has 0 unspecified atom stereocenters. The van der Waals surface area contributed by atoms with E-state index in [1.807, 2.05) is 59.5 Å². The minimum absolute atomic E-state index is 0.0134. The number of halogens is 1. The van der Waals surface area contributed by atoms with Crippen LogP contribution >= 0.6 is 11.8 Å². The van der Waals surface area contributed by atoms with Crippen molar-refractivity contribution >= 4 is 35.3 Å². The lowest BCUT2D eigenvalue weighted by molar-refractivity contribution is -0.114. The first-order valence-electron chi connectivity index (χ1n) is 12.0. The van der Waals surface area contributed by atoms with Gasteiger partial charge in [0.2, 0.25) is 0 Å². The predicted molar refractivity (Wildman–Crippen MR) is 139 cm³/mol. The lowest BCUT2D eigenvalue weighted by atomic mass is 10.1. The number of likely N-dealkylation sites (tertiary alicyclic amines) is 1. The van der Waals surface area contributed by atoms with Crippen LogP contribution in [0.5, 0.6) is 0 Å². The van der Waals surface area contributed by atoms with E-state index >= 15 is 0 Å². The number of benzene rings is 3. The van der Waals surface area contributed by atoms with Crippen molar-refractivity contribution in [1.29, 1.82) is 0 Å². The summed E-state index contributed by atoms with van der Waals surface area (Å²) in [6.07, 6.45) is 6.25. The molecule has 0 atom stereocenters. The molecule has 0 saturated carbocycles. The van der Waals surface area contributed by atoms with E-state index in [4.69, 9.17) is 0 Å². The smallest absolute Gasteiger partial charge is 0.265 e. The summed E-state index contributed by atoms with van der Waals surface area (Å²) in [6, 6.07) is 21.6. The second-order valence-electron chi connectivity index (χ2n) is 8.93. The molecule has 0 aliphatic carbocycles. The molecule has 5 rings (SSSR count). The van der Waals surface area contributed by atoms with Crippen LogP contribution in [0.3, 0.4) is 0 Å². The zero-order valence-corrected chi connectivity index (χ0v) is 20.3. The van der Waals surface area contributed by atoms with Gasteiger partial charge in [-0.3, -0.25) is 9.59 Å². The zero-order chi connectivity index (χ0) is 24.2. The monoisotopic (exact) mass is 486 g/mol. The molecule has 0 N–H and O–H groups in total. The van der Waals surface area contributed by atoms with Crippen molar-refractivity contribution in [3.63, 3.8) is 0 Å².